The zero-order valence-electron chi connectivity index (χ0n) is 11.4. The van der Waals surface area contributed by atoms with E-state index in [4.69, 9.17) is 4.74 Å². The average Bonchev–Trinajstić information content (AvgIpc) is 2.72. The van der Waals surface area contributed by atoms with Crippen LogP contribution in [0.25, 0.3) is 0 Å². The van der Waals surface area contributed by atoms with Gasteiger partial charge in [0.25, 0.3) is 0 Å². The molecule has 0 spiro atoms. The Morgan fingerprint density at radius 3 is 2.72 bits per heavy atom. The topological polar surface area (TPSA) is 21.3 Å². The molecule has 0 amide bonds. The van der Waals surface area contributed by atoms with Crippen molar-refractivity contribution >= 4 is 0 Å². The van der Waals surface area contributed by atoms with E-state index in [9.17, 15) is 4.39 Å². The molecule has 0 fully saturated rings. The van der Waals surface area contributed by atoms with E-state index in [-0.39, 0.29) is 18.0 Å². The third-order valence-electron chi connectivity index (χ3n) is 3.51. The summed E-state index contributed by atoms with van der Waals surface area (Å²) in [7, 11) is 0. The molecule has 1 aromatic rings. The van der Waals surface area contributed by atoms with E-state index in [1.165, 1.54) is 6.07 Å². The van der Waals surface area contributed by atoms with E-state index in [1.54, 1.807) is 0 Å². The van der Waals surface area contributed by atoms with Crippen LogP contribution in [0.2, 0.25) is 0 Å². The van der Waals surface area contributed by atoms with E-state index in [1.807, 2.05) is 13.0 Å². The second-order valence-electron chi connectivity index (χ2n) is 4.98. The minimum Gasteiger partial charge on any atom is -0.485 e. The standard InChI is InChI=1S/C15H22FNO/c1-4-6-12-14(17-9-5-2)13-10(3)7-8-11(16)15(13)18-12/h7-8,12,14,17H,4-6,9H2,1-3H3. The summed E-state index contributed by atoms with van der Waals surface area (Å²) in [6.07, 6.45) is 3.13. The van der Waals surface area contributed by atoms with Gasteiger partial charge in [-0.15, -0.1) is 0 Å². The highest BCUT2D eigenvalue weighted by molar-refractivity contribution is 5.47. The molecule has 2 rings (SSSR count). The van der Waals surface area contributed by atoms with Gasteiger partial charge in [-0.1, -0.05) is 26.3 Å². The number of rotatable bonds is 5. The van der Waals surface area contributed by atoms with Gasteiger partial charge in [-0.05, 0) is 37.9 Å². The van der Waals surface area contributed by atoms with Crippen LogP contribution in [0.5, 0.6) is 5.75 Å². The molecule has 1 aliphatic rings. The molecule has 0 bridgehead atoms. The fraction of sp³-hybridized carbons (Fsp3) is 0.600. The van der Waals surface area contributed by atoms with Gasteiger partial charge in [0.2, 0.25) is 0 Å². The van der Waals surface area contributed by atoms with Crippen molar-refractivity contribution in [3.63, 3.8) is 0 Å². The Bertz CT molecular complexity index is 419. The first-order valence-electron chi connectivity index (χ1n) is 6.88. The molecule has 2 atom stereocenters. The maximum absolute atomic E-state index is 13.8. The molecule has 0 saturated heterocycles. The van der Waals surface area contributed by atoms with Gasteiger partial charge >= 0.3 is 0 Å². The van der Waals surface area contributed by atoms with Gasteiger partial charge in [0.15, 0.2) is 11.6 Å². The Labute approximate surface area is 109 Å². The molecule has 1 aromatic carbocycles. The van der Waals surface area contributed by atoms with Gasteiger partial charge in [-0.25, -0.2) is 4.39 Å². The van der Waals surface area contributed by atoms with Gasteiger partial charge in [-0.3, -0.25) is 0 Å². The smallest absolute Gasteiger partial charge is 0.165 e. The number of fused-ring (bicyclic) bond motifs is 1. The summed E-state index contributed by atoms with van der Waals surface area (Å²) >= 11 is 0. The minimum absolute atomic E-state index is 0.0622. The van der Waals surface area contributed by atoms with Gasteiger partial charge < -0.3 is 10.1 Å². The van der Waals surface area contributed by atoms with Crippen molar-refractivity contribution < 1.29 is 9.13 Å². The molecule has 3 heteroatoms. The lowest BCUT2D eigenvalue weighted by atomic mass is 9.96. The van der Waals surface area contributed by atoms with E-state index in [0.29, 0.717) is 5.75 Å². The molecule has 1 heterocycles. The second-order valence-corrected chi connectivity index (χ2v) is 4.98. The first-order chi connectivity index (χ1) is 8.69. The Balaban J connectivity index is 2.32. The van der Waals surface area contributed by atoms with E-state index in [2.05, 4.69) is 19.2 Å². The predicted molar refractivity (Wildman–Crippen MR) is 71.5 cm³/mol. The van der Waals surface area contributed by atoms with Crippen LogP contribution in [0.1, 0.15) is 50.3 Å². The zero-order chi connectivity index (χ0) is 13.1. The van der Waals surface area contributed by atoms with Crippen molar-refractivity contribution in [1.29, 1.82) is 0 Å². The zero-order valence-corrected chi connectivity index (χ0v) is 11.4. The summed E-state index contributed by atoms with van der Waals surface area (Å²) in [5.41, 5.74) is 2.13. The molecule has 1 N–H and O–H groups in total. The number of halogens is 1. The summed E-state index contributed by atoms with van der Waals surface area (Å²) in [5, 5.41) is 3.50. The molecular weight excluding hydrogens is 229 g/mol. The number of ether oxygens (including phenoxy) is 1. The molecule has 0 aromatic heterocycles. The van der Waals surface area contributed by atoms with Gasteiger partial charge in [0.05, 0.1) is 6.04 Å². The number of hydrogen-bond acceptors (Lipinski definition) is 2. The summed E-state index contributed by atoms with van der Waals surface area (Å²) < 4.78 is 19.7. The van der Waals surface area contributed by atoms with Crippen LogP contribution in [-0.4, -0.2) is 12.6 Å². The molecule has 0 saturated carbocycles. The average molecular weight is 251 g/mol. The first-order valence-corrected chi connectivity index (χ1v) is 6.88. The molecule has 2 unspecified atom stereocenters. The van der Waals surface area contributed by atoms with Crippen LogP contribution < -0.4 is 10.1 Å². The summed E-state index contributed by atoms with van der Waals surface area (Å²) in [6, 6.07) is 3.47. The highest BCUT2D eigenvalue weighted by Gasteiger charge is 2.36. The van der Waals surface area contributed by atoms with Crippen molar-refractivity contribution in [2.75, 3.05) is 6.54 Å². The molecular formula is C15H22FNO. The monoisotopic (exact) mass is 251 g/mol. The van der Waals surface area contributed by atoms with Crippen LogP contribution in [0.3, 0.4) is 0 Å². The number of hydrogen-bond donors (Lipinski definition) is 1. The van der Waals surface area contributed by atoms with Gasteiger partial charge in [0.1, 0.15) is 6.10 Å². The van der Waals surface area contributed by atoms with Crippen molar-refractivity contribution in [2.45, 2.75) is 52.2 Å². The van der Waals surface area contributed by atoms with E-state index in [0.717, 1.165) is 36.9 Å². The van der Waals surface area contributed by atoms with E-state index >= 15 is 0 Å². The highest BCUT2D eigenvalue weighted by atomic mass is 19.1. The summed E-state index contributed by atoms with van der Waals surface area (Å²) in [4.78, 5) is 0. The van der Waals surface area contributed by atoms with Crippen molar-refractivity contribution in [3.05, 3.63) is 29.1 Å². The lowest BCUT2D eigenvalue weighted by molar-refractivity contribution is 0.173. The number of benzene rings is 1. The Kier molecular flexibility index (Phi) is 4.23. The Hall–Kier alpha value is -1.09. The maximum Gasteiger partial charge on any atom is 0.165 e. The van der Waals surface area contributed by atoms with Crippen molar-refractivity contribution in [1.82, 2.24) is 5.32 Å². The van der Waals surface area contributed by atoms with Crippen molar-refractivity contribution in [3.8, 4) is 5.75 Å². The number of nitrogens with one attached hydrogen (secondary N) is 1. The second kappa shape index (κ2) is 5.70. The van der Waals surface area contributed by atoms with Crippen molar-refractivity contribution in [2.24, 2.45) is 0 Å². The Morgan fingerprint density at radius 1 is 1.28 bits per heavy atom. The van der Waals surface area contributed by atoms with Crippen LogP contribution in [0.15, 0.2) is 12.1 Å². The SMILES string of the molecule is CCCNC1c2c(C)ccc(F)c2OC1CCC. The molecule has 2 nitrogen and oxygen atoms in total. The van der Waals surface area contributed by atoms with Crippen LogP contribution in [0, 0.1) is 12.7 Å². The van der Waals surface area contributed by atoms with Gasteiger partial charge in [0, 0.05) is 5.56 Å². The quantitative estimate of drug-likeness (QED) is 0.860. The Morgan fingerprint density at radius 2 is 2.06 bits per heavy atom. The van der Waals surface area contributed by atoms with E-state index < -0.39 is 0 Å². The van der Waals surface area contributed by atoms with Crippen LogP contribution >= 0.6 is 0 Å². The van der Waals surface area contributed by atoms with Crippen LogP contribution in [-0.2, 0) is 0 Å². The molecule has 100 valence electrons. The fourth-order valence-electron chi connectivity index (χ4n) is 2.63. The van der Waals surface area contributed by atoms with Gasteiger partial charge in [-0.2, -0.15) is 0 Å². The largest absolute Gasteiger partial charge is 0.485 e. The molecule has 18 heavy (non-hydrogen) atoms. The summed E-state index contributed by atoms with van der Waals surface area (Å²) in [6.45, 7) is 7.23. The lowest BCUT2D eigenvalue weighted by Crippen LogP contribution is -2.31. The third kappa shape index (κ3) is 2.37. The molecule has 0 aliphatic carbocycles. The molecule has 1 aliphatic heterocycles. The first kappa shape index (κ1) is 13.3. The third-order valence-corrected chi connectivity index (χ3v) is 3.51. The minimum atomic E-state index is -0.238. The number of aryl methyl sites for hydroxylation is 1. The highest BCUT2D eigenvalue weighted by Crippen LogP contribution is 2.42. The molecule has 0 radical (unpaired) electrons. The lowest BCUT2D eigenvalue weighted by Gasteiger charge is -2.20. The maximum atomic E-state index is 13.8. The van der Waals surface area contributed by atoms with Crippen LogP contribution in [0.4, 0.5) is 4.39 Å². The summed E-state index contributed by atoms with van der Waals surface area (Å²) in [5.74, 6) is 0.222. The normalized spacial score (nSPS) is 21.8. The predicted octanol–water partition coefficient (Wildman–Crippen LogP) is 3.74. The fourth-order valence-corrected chi connectivity index (χ4v) is 2.63.